The van der Waals surface area contributed by atoms with E-state index in [0.29, 0.717) is 23.8 Å². The number of carbonyl (C=O) groups excluding carboxylic acids is 1. The molecule has 0 spiro atoms. The molecule has 106 valence electrons. The molecule has 0 atom stereocenters. The van der Waals surface area contributed by atoms with Crippen molar-refractivity contribution in [3.63, 3.8) is 0 Å². The first-order valence-electron chi connectivity index (χ1n) is 6.25. The molecule has 0 fully saturated rings. The lowest BCUT2D eigenvalue weighted by Gasteiger charge is -2.18. The van der Waals surface area contributed by atoms with Crippen LogP contribution < -0.4 is 20.5 Å². The summed E-state index contributed by atoms with van der Waals surface area (Å²) in [4.78, 5) is 11.8. The minimum Gasteiger partial charge on any atom is -0.493 e. The smallest absolute Gasteiger partial charge is 0.226 e. The van der Waals surface area contributed by atoms with E-state index >= 15 is 0 Å². The number of anilines is 1. The first kappa shape index (κ1) is 15.3. The molecule has 5 nitrogen and oxygen atoms in total. The largest absolute Gasteiger partial charge is 0.493 e. The monoisotopic (exact) mass is 266 g/mol. The van der Waals surface area contributed by atoms with Gasteiger partial charge in [0, 0.05) is 23.7 Å². The van der Waals surface area contributed by atoms with Gasteiger partial charge in [-0.05, 0) is 32.9 Å². The van der Waals surface area contributed by atoms with Crippen LogP contribution >= 0.6 is 0 Å². The summed E-state index contributed by atoms with van der Waals surface area (Å²) in [5.41, 5.74) is 5.94. The predicted molar refractivity (Wildman–Crippen MR) is 75.7 cm³/mol. The Kier molecular flexibility index (Phi) is 5.18. The van der Waals surface area contributed by atoms with E-state index < -0.39 is 5.54 Å². The lowest BCUT2D eigenvalue weighted by molar-refractivity contribution is -0.117. The van der Waals surface area contributed by atoms with Crippen molar-refractivity contribution in [2.75, 3.05) is 19.0 Å². The molecule has 5 heteroatoms. The predicted octanol–water partition coefficient (Wildman–Crippen LogP) is 2.16. The minimum absolute atomic E-state index is 0.125. The normalized spacial score (nSPS) is 11.0. The van der Waals surface area contributed by atoms with E-state index in [1.165, 1.54) is 0 Å². The maximum Gasteiger partial charge on any atom is 0.226 e. The maximum absolute atomic E-state index is 11.8. The van der Waals surface area contributed by atoms with E-state index in [1.807, 2.05) is 20.8 Å². The van der Waals surface area contributed by atoms with Crippen LogP contribution in [0.1, 0.15) is 27.2 Å². The van der Waals surface area contributed by atoms with Crippen molar-refractivity contribution in [1.82, 2.24) is 0 Å². The van der Waals surface area contributed by atoms with Crippen LogP contribution in [0, 0.1) is 0 Å². The van der Waals surface area contributed by atoms with Gasteiger partial charge in [0.15, 0.2) is 11.5 Å². The van der Waals surface area contributed by atoms with E-state index in [2.05, 4.69) is 5.32 Å². The number of methoxy groups -OCH3 is 1. The van der Waals surface area contributed by atoms with Crippen LogP contribution in [0.2, 0.25) is 0 Å². The van der Waals surface area contributed by atoms with Crippen LogP contribution in [0.25, 0.3) is 0 Å². The Morgan fingerprint density at radius 3 is 2.58 bits per heavy atom. The number of amides is 1. The Balaban J connectivity index is 2.79. The van der Waals surface area contributed by atoms with Gasteiger partial charge in [-0.2, -0.15) is 0 Å². The molecule has 19 heavy (non-hydrogen) atoms. The van der Waals surface area contributed by atoms with Gasteiger partial charge in [0.2, 0.25) is 5.91 Å². The Morgan fingerprint density at radius 2 is 2.05 bits per heavy atom. The molecule has 0 heterocycles. The molecule has 0 aliphatic heterocycles. The van der Waals surface area contributed by atoms with Gasteiger partial charge in [-0.15, -0.1) is 0 Å². The second-order valence-electron chi connectivity index (χ2n) is 5.01. The first-order valence-corrected chi connectivity index (χ1v) is 6.25. The number of carbonyl (C=O) groups is 1. The van der Waals surface area contributed by atoms with E-state index in [-0.39, 0.29) is 12.3 Å². The van der Waals surface area contributed by atoms with Crippen molar-refractivity contribution >= 4 is 11.6 Å². The van der Waals surface area contributed by atoms with Crippen LogP contribution in [0.15, 0.2) is 18.2 Å². The quantitative estimate of drug-likeness (QED) is 0.827. The average Bonchev–Trinajstić information content (AvgIpc) is 2.27. The second-order valence-corrected chi connectivity index (χ2v) is 5.01. The standard InChI is InChI=1S/C14H22N2O3/c1-5-19-12-8-10(6-7-11(12)18-4)16-13(17)9-14(2,3)15/h6-8H,5,9,15H2,1-4H3,(H,16,17). The van der Waals surface area contributed by atoms with Crippen molar-refractivity contribution < 1.29 is 14.3 Å². The second kappa shape index (κ2) is 6.43. The van der Waals surface area contributed by atoms with Crippen molar-refractivity contribution in [3.05, 3.63) is 18.2 Å². The molecule has 1 amide bonds. The summed E-state index contributed by atoms with van der Waals surface area (Å²) in [5.74, 6) is 1.12. The van der Waals surface area contributed by atoms with Crippen molar-refractivity contribution in [2.45, 2.75) is 32.7 Å². The maximum atomic E-state index is 11.8. The first-order chi connectivity index (χ1) is 8.85. The summed E-state index contributed by atoms with van der Waals surface area (Å²) in [7, 11) is 1.58. The molecule has 0 aliphatic rings. The molecular weight excluding hydrogens is 244 g/mol. The van der Waals surface area contributed by atoms with E-state index in [1.54, 1.807) is 25.3 Å². The fourth-order valence-electron chi connectivity index (χ4n) is 1.64. The molecule has 0 radical (unpaired) electrons. The minimum atomic E-state index is -0.528. The summed E-state index contributed by atoms with van der Waals surface area (Å²) in [6.45, 7) is 6.05. The van der Waals surface area contributed by atoms with E-state index in [4.69, 9.17) is 15.2 Å². The molecule has 0 aromatic heterocycles. The zero-order valence-corrected chi connectivity index (χ0v) is 11.9. The molecule has 3 N–H and O–H groups in total. The number of rotatable bonds is 6. The van der Waals surface area contributed by atoms with Crippen molar-refractivity contribution in [1.29, 1.82) is 0 Å². The summed E-state index contributed by atoms with van der Waals surface area (Å²) in [6.07, 6.45) is 0.253. The molecule has 0 bridgehead atoms. The third-order valence-corrected chi connectivity index (χ3v) is 2.36. The van der Waals surface area contributed by atoms with Gasteiger partial charge in [-0.25, -0.2) is 0 Å². The van der Waals surface area contributed by atoms with Gasteiger partial charge in [0.25, 0.3) is 0 Å². The molecular formula is C14H22N2O3. The number of nitrogens with one attached hydrogen (secondary N) is 1. The third-order valence-electron chi connectivity index (χ3n) is 2.36. The molecule has 0 saturated carbocycles. The highest BCUT2D eigenvalue weighted by atomic mass is 16.5. The highest BCUT2D eigenvalue weighted by Crippen LogP contribution is 2.30. The van der Waals surface area contributed by atoms with Crippen LogP contribution in [-0.4, -0.2) is 25.2 Å². The summed E-state index contributed by atoms with van der Waals surface area (Å²) in [6, 6.07) is 5.26. The van der Waals surface area contributed by atoms with Crippen LogP contribution in [0.4, 0.5) is 5.69 Å². The lowest BCUT2D eigenvalue weighted by atomic mass is 10.0. The molecule has 1 aromatic carbocycles. The van der Waals surface area contributed by atoms with E-state index in [0.717, 1.165) is 0 Å². The molecule has 0 saturated heterocycles. The van der Waals surface area contributed by atoms with Crippen LogP contribution in [0.5, 0.6) is 11.5 Å². The molecule has 0 unspecified atom stereocenters. The summed E-state index contributed by atoms with van der Waals surface area (Å²) >= 11 is 0. The van der Waals surface area contributed by atoms with Crippen molar-refractivity contribution in [3.8, 4) is 11.5 Å². The highest BCUT2D eigenvalue weighted by molar-refractivity contribution is 5.91. The van der Waals surface area contributed by atoms with Crippen LogP contribution in [-0.2, 0) is 4.79 Å². The molecule has 1 rings (SSSR count). The van der Waals surface area contributed by atoms with Gasteiger partial charge in [0.05, 0.1) is 13.7 Å². The average molecular weight is 266 g/mol. The molecule has 1 aromatic rings. The summed E-state index contributed by atoms with van der Waals surface area (Å²) < 4.78 is 10.6. The third kappa shape index (κ3) is 5.18. The lowest BCUT2D eigenvalue weighted by Crippen LogP contribution is -2.36. The summed E-state index contributed by atoms with van der Waals surface area (Å²) in [5, 5.41) is 2.79. The number of hydrogen-bond donors (Lipinski definition) is 2. The van der Waals surface area contributed by atoms with E-state index in [9.17, 15) is 4.79 Å². The fourth-order valence-corrected chi connectivity index (χ4v) is 1.64. The fraction of sp³-hybridized carbons (Fsp3) is 0.500. The number of nitrogens with two attached hydrogens (primary N) is 1. The Hall–Kier alpha value is -1.75. The molecule has 0 aliphatic carbocycles. The van der Waals surface area contributed by atoms with Crippen LogP contribution in [0.3, 0.4) is 0 Å². The van der Waals surface area contributed by atoms with Gasteiger partial charge >= 0.3 is 0 Å². The Labute approximate surface area is 114 Å². The number of ether oxygens (including phenoxy) is 2. The SMILES string of the molecule is CCOc1cc(NC(=O)CC(C)(C)N)ccc1OC. The zero-order valence-electron chi connectivity index (χ0n) is 11.9. The zero-order chi connectivity index (χ0) is 14.5. The topological polar surface area (TPSA) is 73.6 Å². The Bertz CT molecular complexity index is 439. The number of benzene rings is 1. The van der Waals surface area contributed by atoms with Gasteiger partial charge in [-0.3, -0.25) is 4.79 Å². The van der Waals surface area contributed by atoms with Crippen molar-refractivity contribution in [2.24, 2.45) is 5.73 Å². The van der Waals surface area contributed by atoms with Gasteiger partial charge < -0.3 is 20.5 Å². The number of hydrogen-bond acceptors (Lipinski definition) is 4. The van der Waals surface area contributed by atoms with Gasteiger partial charge in [-0.1, -0.05) is 0 Å². The highest BCUT2D eigenvalue weighted by Gasteiger charge is 2.16. The van der Waals surface area contributed by atoms with Gasteiger partial charge in [0.1, 0.15) is 0 Å². The Morgan fingerprint density at radius 1 is 1.37 bits per heavy atom.